The Balaban J connectivity index is 1.47. The molecule has 1 heterocycles. The summed E-state index contributed by atoms with van der Waals surface area (Å²) in [7, 11) is 0. The molecule has 0 spiro atoms. The summed E-state index contributed by atoms with van der Waals surface area (Å²) >= 11 is 0. The lowest BCUT2D eigenvalue weighted by molar-refractivity contribution is 0.174. The van der Waals surface area contributed by atoms with Crippen molar-refractivity contribution >= 4 is 11.7 Å². The highest BCUT2D eigenvalue weighted by Crippen LogP contribution is 2.32. The van der Waals surface area contributed by atoms with Gasteiger partial charge < -0.3 is 20.1 Å². The van der Waals surface area contributed by atoms with Crippen molar-refractivity contribution in [2.75, 3.05) is 12.1 Å². The number of urea groups is 1. The number of ether oxygens (including phenoxy) is 2. The van der Waals surface area contributed by atoms with Crippen molar-refractivity contribution in [1.82, 2.24) is 5.32 Å². The summed E-state index contributed by atoms with van der Waals surface area (Å²) in [6.07, 6.45) is 1.42. The van der Waals surface area contributed by atoms with Crippen molar-refractivity contribution in [3.63, 3.8) is 0 Å². The van der Waals surface area contributed by atoms with Crippen molar-refractivity contribution in [3.8, 4) is 11.5 Å². The average molecular weight is 388 g/mol. The Morgan fingerprint density at radius 3 is 2.41 bits per heavy atom. The minimum Gasteiger partial charge on any atom is -0.454 e. The number of fused-ring (bicyclic) bond motifs is 1. The summed E-state index contributed by atoms with van der Waals surface area (Å²) in [4.78, 5) is 12.6. The van der Waals surface area contributed by atoms with Crippen LogP contribution in [0.2, 0.25) is 0 Å². The third-order valence-electron chi connectivity index (χ3n) is 4.89. The molecule has 148 valence electrons. The number of aryl methyl sites for hydroxylation is 1. The quantitative estimate of drug-likeness (QED) is 0.644. The first-order chi connectivity index (χ1) is 14.2. The van der Waals surface area contributed by atoms with Gasteiger partial charge in [0, 0.05) is 11.7 Å². The molecule has 29 heavy (non-hydrogen) atoms. The number of hydrogen-bond acceptors (Lipinski definition) is 3. The van der Waals surface area contributed by atoms with E-state index in [1.165, 1.54) is 5.56 Å². The average Bonchev–Trinajstić information content (AvgIpc) is 3.18. The van der Waals surface area contributed by atoms with Crippen LogP contribution in [0.3, 0.4) is 0 Å². The molecule has 5 nitrogen and oxygen atoms in total. The molecule has 2 amide bonds. The van der Waals surface area contributed by atoms with Gasteiger partial charge in [0.2, 0.25) is 6.79 Å². The molecule has 3 aromatic carbocycles. The Hall–Kier alpha value is -3.47. The van der Waals surface area contributed by atoms with E-state index in [9.17, 15) is 4.79 Å². The lowest BCUT2D eigenvalue weighted by atomic mass is 9.98. The summed E-state index contributed by atoms with van der Waals surface area (Å²) in [6.45, 7) is 2.27. The van der Waals surface area contributed by atoms with Crippen LogP contribution in [-0.4, -0.2) is 18.9 Å². The molecule has 0 saturated heterocycles. The van der Waals surface area contributed by atoms with Crippen molar-refractivity contribution < 1.29 is 14.3 Å². The smallest absolute Gasteiger partial charge is 0.319 e. The molecule has 1 atom stereocenters. The predicted molar refractivity (Wildman–Crippen MR) is 114 cm³/mol. The van der Waals surface area contributed by atoms with Crippen LogP contribution in [0, 0.1) is 6.92 Å². The van der Waals surface area contributed by atoms with Gasteiger partial charge in [-0.25, -0.2) is 4.79 Å². The lowest BCUT2D eigenvalue weighted by Crippen LogP contribution is -2.40. The normalized spacial score (nSPS) is 13.0. The number of rotatable bonds is 6. The minimum atomic E-state index is -0.212. The van der Waals surface area contributed by atoms with Crippen molar-refractivity contribution in [3.05, 3.63) is 89.5 Å². The Morgan fingerprint density at radius 1 is 0.897 bits per heavy atom. The molecule has 2 N–H and O–H groups in total. The predicted octanol–water partition coefficient (Wildman–Crippen LogP) is 4.70. The van der Waals surface area contributed by atoms with Gasteiger partial charge in [-0.1, -0.05) is 54.1 Å². The highest BCUT2D eigenvalue weighted by atomic mass is 16.7. The Bertz CT molecular complexity index is 971. The van der Waals surface area contributed by atoms with Crippen molar-refractivity contribution in [2.24, 2.45) is 0 Å². The van der Waals surface area contributed by atoms with Crippen LogP contribution in [0.1, 0.15) is 16.7 Å². The summed E-state index contributed by atoms with van der Waals surface area (Å²) < 4.78 is 10.9. The van der Waals surface area contributed by atoms with Gasteiger partial charge in [0.1, 0.15) is 0 Å². The monoisotopic (exact) mass is 388 g/mol. The fraction of sp³-hybridized carbons (Fsp3) is 0.208. The molecule has 3 aromatic rings. The highest BCUT2D eigenvalue weighted by Gasteiger charge is 2.18. The molecule has 1 unspecified atom stereocenters. The Labute approximate surface area is 170 Å². The SMILES string of the molecule is Cc1ccc(NC(=O)NC(Cc2ccccc2)Cc2ccc3c(c2)OCO3)cc1. The molecule has 0 saturated carbocycles. The van der Waals surface area contributed by atoms with Crippen LogP contribution in [-0.2, 0) is 12.8 Å². The zero-order valence-electron chi connectivity index (χ0n) is 16.4. The summed E-state index contributed by atoms with van der Waals surface area (Å²) in [5, 5.41) is 6.04. The maximum Gasteiger partial charge on any atom is 0.319 e. The first-order valence-corrected chi connectivity index (χ1v) is 9.72. The van der Waals surface area contributed by atoms with Crippen molar-refractivity contribution in [2.45, 2.75) is 25.8 Å². The van der Waals surface area contributed by atoms with E-state index < -0.39 is 0 Å². The molecular formula is C24H24N2O3. The molecule has 4 rings (SSSR count). The van der Waals surface area contributed by atoms with Gasteiger partial charge >= 0.3 is 6.03 Å². The van der Waals surface area contributed by atoms with Gasteiger partial charge in [-0.15, -0.1) is 0 Å². The van der Waals surface area contributed by atoms with Crippen LogP contribution in [0.15, 0.2) is 72.8 Å². The standard InChI is InChI=1S/C24H24N2O3/c1-17-7-10-20(11-8-17)25-24(27)26-21(13-18-5-3-2-4-6-18)14-19-9-12-22-23(15-19)29-16-28-22/h2-12,15,21H,13-14,16H2,1H3,(H2,25,26,27). The Morgan fingerprint density at radius 2 is 1.62 bits per heavy atom. The Kier molecular flexibility index (Phi) is 5.66. The molecular weight excluding hydrogens is 364 g/mol. The first-order valence-electron chi connectivity index (χ1n) is 9.72. The molecule has 0 radical (unpaired) electrons. The molecule has 1 aliphatic rings. The second kappa shape index (κ2) is 8.69. The van der Waals surface area contributed by atoms with E-state index >= 15 is 0 Å². The summed E-state index contributed by atoms with van der Waals surface area (Å²) in [6, 6.07) is 23.6. The lowest BCUT2D eigenvalue weighted by Gasteiger charge is -2.20. The maximum absolute atomic E-state index is 12.6. The van der Waals surface area contributed by atoms with Gasteiger partial charge in [0.25, 0.3) is 0 Å². The third-order valence-corrected chi connectivity index (χ3v) is 4.89. The topological polar surface area (TPSA) is 59.6 Å². The fourth-order valence-electron chi connectivity index (χ4n) is 3.41. The second-order valence-electron chi connectivity index (χ2n) is 7.24. The maximum atomic E-state index is 12.6. The molecule has 0 fully saturated rings. The number of carbonyl (C=O) groups is 1. The second-order valence-corrected chi connectivity index (χ2v) is 7.24. The fourth-order valence-corrected chi connectivity index (χ4v) is 3.41. The van der Waals surface area contributed by atoms with Gasteiger partial charge in [-0.2, -0.15) is 0 Å². The van der Waals surface area contributed by atoms with Gasteiger partial charge in [-0.05, 0) is 55.2 Å². The van der Waals surface area contributed by atoms with Gasteiger partial charge in [0.05, 0.1) is 0 Å². The van der Waals surface area contributed by atoms with E-state index in [0.29, 0.717) is 6.42 Å². The largest absolute Gasteiger partial charge is 0.454 e. The van der Waals surface area contributed by atoms with Gasteiger partial charge in [-0.3, -0.25) is 0 Å². The molecule has 0 bridgehead atoms. The zero-order chi connectivity index (χ0) is 20.1. The summed E-state index contributed by atoms with van der Waals surface area (Å²) in [5.41, 5.74) is 4.19. The van der Waals surface area contributed by atoms with E-state index in [4.69, 9.17) is 9.47 Å². The van der Waals surface area contributed by atoms with Crippen LogP contribution in [0.4, 0.5) is 10.5 Å². The number of nitrogens with one attached hydrogen (secondary N) is 2. The van der Waals surface area contributed by atoms with Crippen LogP contribution >= 0.6 is 0 Å². The van der Waals surface area contributed by atoms with E-state index in [1.54, 1.807) is 0 Å². The van der Waals surface area contributed by atoms with E-state index in [0.717, 1.165) is 34.7 Å². The third kappa shape index (κ3) is 5.08. The van der Waals surface area contributed by atoms with Gasteiger partial charge in [0.15, 0.2) is 11.5 Å². The number of amides is 2. The number of benzene rings is 3. The van der Waals surface area contributed by atoms with Crippen molar-refractivity contribution in [1.29, 1.82) is 0 Å². The van der Waals surface area contributed by atoms with E-state index in [-0.39, 0.29) is 18.9 Å². The van der Waals surface area contributed by atoms with Crippen LogP contribution in [0.5, 0.6) is 11.5 Å². The molecule has 0 aliphatic carbocycles. The molecule has 5 heteroatoms. The molecule has 0 aromatic heterocycles. The highest BCUT2D eigenvalue weighted by molar-refractivity contribution is 5.89. The molecule has 1 aliphatic heterocycles. The van der Waals surface area contributed by atoms with Crippen LogP contribution in [0.25, 0.3) is 0 Å². The van der Waals surface area contributed by atoms with Crippen LogP contribution < -0.4 is 20.1 Å². The first kappa shape index (κ1) is 18.9. The number of carbonyl (C=O) groups excluding carboxylic acids is 1. The number of hydrogen-bond donors (Lipinski definition) is 2. The minimum absolute atomic E-state index is 0.0665. The zero-order valence-corrected chi connectivity index (χ0v) is 16.4. The summed E-state index contributed by atoms with van der Waals surface area (Å²) in [5.74, 6) is 1.52. The number of anilines is 1. The van der Waals surface area contributed by atoms with E-state index in [1.807, 2.05) is 67.6 Å². The van der Waals surface area contributed by atoms with E-state index in [2.05, 4.69) is 22.8 Å².